The van der Waals surface area contributed by atoms with Crippen molar-refractivity contribution in [1.82, 2.24) is 25.0 Å². The van der Waals surface area contributed by atoms with Crippen molar-refractivity contribution >= 4 is 5.91 Å². The Balaban J connectivity index is 1.42. The maximum atomic E-state index is 12.7. The molecular formula is C16H25N5O. The zero-order valence-electron chi connectivity index (χ0n) is 13.1. The van der Waals surface area contributed by atoms with Crippen LogP contribution in [0.25, 0.3) is 0 Å². The number of hydrogen-bond donors (Lipinski definition) is 1. The van der Waals surface area contributed by atoms with Gasteiger partial charge in [0.05, 0.1) is 6.04 Å². The van der Waals surface area contributed by atoms with Crippen LogP contribution in [0, 0.1) is 5.41 Å². The van der Waals surface area contributed by atoms with E-state index in [0.29, 0.717) is 17.3 Å². The molecule has 1 amide bonds. The minimum absolute atomic E-state index is 0.0141. The first-order chi connectivity index (χ1) is 10.8. The molecule has 3 aliphatic rings. The molecule has 1 unspecified atom stereocenters. The van der Waals surface area contributed by atoms with Crippen LogP contribution < -0.4 is 5.32 Å². The smallest absolute Gasteiger partial charge is 0.293 e. The zero-order valence-corrected chi connectivity index (χ0v) is 13.1. The Hall–Kier alpha value is -1.43. The van der Waals surface area contributed by atoms with Crippen molar-refractivity contribution in [2.45, 2.75) is 51.0 Å². The largest absolute Gasteiger partial charge is 0.336 e. The summed E-state index contributed by atoms with van der Waals surface area (Å²) < 4.78 is 1.87. The Morgan fingerprint density at radius 1 is 1.23 bits per heavy atom. The van der Waals surface area contributed by atoms with E-state index in [-0.39, 0.29) is 5.91 Å². The first-order valence-corrected chi connectivity index (χ1v) is 8.67. The molecule has 1 atom stereocenters. The first-order valence-electron chi connectivity index (χ1n) is 8.67. The van der Waals surface area contributed by atoms with Gasteiger partial charge in [0, 0.05) is 19.6 Å². The number of amides is 1. The molecule has 4 rings (SSSR count). The lowest BCUT2D eigenvalue weighted by Gasteiger charge is -2.22. The van der Waals surface area contributed by atoms with Gasteiger partial charge in [-0.25, -0.2) is 9.67 Å². The van der Waals surface area contributed by atoms with Gasteiger partial charge in [-0.1, -0.05) is 0 Å². The van der Waals surface area contributed by atoms with Crippen LogP contribution in [0.15, 0.2) is 6.33 Å². The van der Waals surface area contributed by atoms with Gasteiger partial charge >= 0.3 is 0 Å². The molecule has 120 valence electrons. The Bertz CT molecular complexity index is 544. The summed E-state index contributed by atoms with van der Waals surface area (Å²) in [5, 5.41) is 7.84. The van der Waals surface area contributed by atoms with Gasteiger partial charge in [-0.2, -0.15) is 0 Å². The molecular weight excluding hydrogens is 278 g/mol. The van der Waals surface area contributed by atoms with Crippen LogP contribution in [0.3, 0.4) is 0 Å². The van der Waals surface area contributed by atoms with E-state index >= 15 is 0 Å². The third-order valence-corrected chi connectivity index (χ3v) is 5.64. The second-order valence-electron chi connectivity index (χ2n) is 7.19. The molecule has 1 aromatic rings. The van der Waals surface area contributed by atoms with Gasteiger partial charge in [-0.05, 0) is 56.9 Å². The van der Waals surface area contributed by atoms with Crippen LogP contribution in [-0.2, 0) is 0 Å². The number of carbonyl (C=O) groups excluding carboxylic acids is 1. The zero-order chi connectivity index (χ0) is 15.0. The minimum atomic E-state index is 0.0141. The summed E-state index contributed by atoms with van der Waals surface area (Å²) in [5.74, 6) is 0.387. The summed E-state index contributed by atoms with van der Waals surface area (Å²) in [6.45, 7) is 3.73. The number of aromatic nitrogens is 3. The Morgan fingerprint density at radius 3 is 2.91 bits per heavy atom. The van der Waals surface area contributed by atoms with E-state index in [1.165, 1.54) is 19.3 Å². The van der Waals surface area contributed by atoms with E-state index < -0.39 is 0 Å². The van der Waals surface area contributed by atoms with Crippen molar-refractivity contribution in [2.75, 3.05) is 26.2 Å². The third kappa shape index (κ3) is 2.76. The van der Waals surface area contributed by atoms with Crippen molar-refractivity contribution in [3.05, 3.63) is 12.2 Å². The fourth-order valence-corrected chi connectivity index (χ4v) is 3.88. The van der Waals surface area contributed by atoms with Crippen LogP contribution in [0.5, 0.6) is 0 Å². The normalized spacial score (nSPS) is 27.6. The summed E-state index contributed by atoms with van der Waals surface area (Å²) in [6.07, 6.45) is 10.3. The molecule has 0 bridgehead atoms. The van der Waals surface area contributed by atoms with Crippen LogP contribution in [0.2, 0.25) is 0 Å². The van der Waals surface area contributed by atoms with Gasteiger partial charge in [0.25, 0.3) is 5.91 Å². The number of hydrogen-bond acceptors (Lipinski definition) is 4. The van der Waals surface area contributed by atoms with E-state index in [4.69, 9.17) is 0 Å². The summed E-state index contributed by atoms with van der Waals surface area (Å²) >= 11 is 0. The highest BCUT2D eigenvalue weighted by Crippen LogP contribution is 2.53. The van der Waals surface area contributed by atoms with E-state index in [1.807, 2.05) is 9.58 Å². The molecule has 6 nitrogen and oxygen atoms in total. The number of nitrogens with zero attached hydrogens (tertiary/aromatic N) is 4. The number of likely N-dealkylation sites (tertiary alicyclic amines) is 1. The Kier molecular flexibility index (Phi) is 3.64. The maximum Gasteiger partial charge on any atom is 0.293 e. The summed E-state index contributed by atoms with van der Waals surface area (Å²) in [5.41, 5.74) is 0.579. The van der Waals surface area contributed by atoms with Crippen LogP contribution in [0.4, 0.5) is 0 Å². The molecule has 1 spiro atoms. The minimum Gasteiger partial charge on any atom is -0.336 e. The van der Waals surface area contributed by atoms with Crippen molar-refractivity contribution in [3.63, 3.8) is 0 Å². The molecule has 1 saturated carbocycles. The highest BCUT2D eigenvalue weighted by molar-refractivity contribution is 5.90. The number of piperidine rings is 1. The molecule has 1 N–H and O–H groups in total. The molecule has 1 aliphatic carbocycles. The van der Waals surface area contributed by atoms with Gasteiger partial charge < -0.3 is 10.2 Å². The molecule has 3 heterocycles. The topological polar surface area (TPSA) is 63.1 Å². The third-order valence-electron chi connectivity index (χ3n) is 5.64. The summed E-state index contributed by atoms with van der Waals surface area (Å²) in [6, 6.07) is 0.335. The molecule has 2 aliphatic heterocycles. The van der Waals surface area contributed by atoms with Gasteiger partial charge in [0.15, 0.2) is 0 Å². The van der Waals surface area contributed by atoms with Gasteiger partial charge in [0.1, 0.15) is 6.33 Å². The van der Waals surface area contributed by atoms with Crippen molar-refractivity contribution in [2.24, 2.45) is 5.41 Å². The first kappa shape index (κ1) is 14.2. The standard InChI is InChI=1S/C16H25N5O/c22-15(20-9-2-4-16(5-6-16)7-10-20)14-18-12-21(19-14)13-3-1-8-17-11-13/h12-13,17H,1-11H2. The van der Waals surface area contributed by atoms with E-state index in [1.54, 1.807) is 6.33 Å². The summed E-state index contributed by atoms with van der Waals surface area (Å²) in [4.78, 5) is 18.9. The lowest BCUT2D eigenvalue weighted by molar-refractivity contribution is 0.0746. The number of nitrogens with one attached hydrogen (secondary N) is 1. The monoisotopic (exact) mass is 303 g/mol. The van der Waals surface area contributed by atoms with E-state index in [9.17, 15) is 4.79 Å². The Labute approximate surface area is 131 Å². The maximum absolute atomic E-state index is 12.7. The summed E-state index contributed by atoms with van der Waals surface area (Å²) in [7, 11) is 0. The molecule has 0 aromatic carbocycles. The van der Waals surface area contributed by atoms with Crippen LogP contribution in [-0.4, -0.2) is 51.8 Å². The van der Waals surface area contributed by atoms with Crippen LogP contribution >= 0.6 is 0 Å². The fraction of sp³-hybridized carbons (Fsp3) is 0.812. The predicted octanol–water partition coefficient (Wildman–Crippen LogP) is 1.61. The second-order valence-corrected chi connectivity index (χ2v) is 7.19. The second kappa shape index (κ2) is 5.65. The van der Waals surface area contributed by atoms with E-state index in [0.717, 1.165) is 51.9 Å². The molecule has 2 saturated heterocycles. The van der Waals surface area contributed by atoms with Crippen molar-refractivity contribution < 1.29 is 4.79 Å². The van der Waals surface area contributed by atoms with Gasteiger partial charge in [-0.3, -0.25) is 4.79 Å². The SMILES string of the molecule is O=C(c1ncn(C2CCCNC2)n1)N1CCCC2(CC1)CC2. The lowest BCUT2D eigenvalue weighted by Crippen LogP contribution is -2.34. The van der Waals surface area contributed by atoms with Crippen LogP contribution in [0.1, 0.15) is 61.6 Å². The highest BCUT2D eigenvalue weighted by atomic mass is 16.2. The lowest BCUT2D eigenvalue weighted by atomic mass is 9.98. The number of rotatable bonds is 2. The highest BCUT2D eigenvalue weighted by Gasteiger charge is 2.43. The molecule has 3 fully saturated rings. The van der Waals surface area contributed by atoms with E-state index in [2.05, 4.69) is 15.4 Å². The molecule has 6 heteroatoms. The molecule has 0 radical (unpaired) electrons. The van der Waals surface area contributed by atoms with Gasteiger partial charge in [-0.15, -0.1) is 5.10 Å². The van der Waals surface area contributed by atoms with Gasteiger partial charge in [0.2, 0.25) is 5.82 Å². The average molecular weight is 303 g/mol. The molecule has 22 heavy (non-hydrogen) atoms. The molecule has 1 aromatic heterocycles. The average Bonchev–Trinajstić information content (AvgIpc) is 3.22. The van der Waals surface area contributed by atoms with Crippen molar-refractivity contribution in [3.8, 4) is 0 Å². The quantitative estimate of drug-likeness (QED) is 0.901. The number of carbonyl (C=O) groups is 1. The fourth-order valence-electron chi connectivity index (χ4n) is 3.88. The Morgan fingerprint density at radius 2 is 2.14 bits per heavy atom. The predicted molar refractivity (Wildman–Crippen MR) is 82.6 cm³/mol. The van der Waals surface area contributed by atoms with Crippen molar-refractivity contribution in [1.29, 1.82) is 0 Å².